The van der Waals surface area contributed by atoms with Crippen molar-refractivity contribution in [2.45, 2.75) is 18.8 Å². The van der Waals surface area contributed by atoms with Crippen LogP contribution in [0.1, 0.15) is 24.7 Å². The first-order valence-electron chi connectivity index (χ1n) is 6.49. The largest absolute Gasteiger partial charge is 0.481 e. The van der Waals surface area contributed by atoms with E-state index in [1.807, 2.05) is 12.2 Å². The standard InChI is InChI=1S/C14H12ClN3O3/c15-10-6-3-7-16-11(10)12-17-13(21-18-12)8-4-1-2-5-9(8)14(19)20/h1-3,6-9H,4-5H2,(H,19,20). The third-order valence-corrected chi connectivity index (χ3v) is 3.78. The van der Waals surface area contributed by atoms with Crippen molar-refractivity contribution < 1.29 is 14.4 Å². The van der Waals surface area contributed by atoms with Crippen LogP contribution in [0.3, 0.4) is 0 Å². The molecule has 3 rings (SSSR count). The van der Waals surface area contributed by atoms with E-state index in [0.29, 0.717) is 29.4 Å². The molecular weight excluding hydrogens is 294 g/mol. The number of aliphatic carboxylic acids is 1. The molecule has 6 nitrogen and oxygen atoms in total. The highest BCUT2D eigenvalue weighted by atomic mass is 35.5. The Morgan fingerprint density at radius 2 is 2.19 bits per heavy atom. The second kappa shape index (κ2) is 5.65. The first-order chi connectivity index (χ1) is 10.2. The Morgan fingerprint density at radius 1 is 1.38 bits per heavy atom. The van der Waals surface area contributed by atoms with Crippen LogP contribution in [0.15, 0.2) is 35.0 Å². The highest BCUT2D eigenvalue weighted by Gasteiger charge is 2.34. The minimum Gasteiger partial charge on any atom is -0.481 e. The molecule has 1 aliphatic carbocycles. The van der Waals surface area contributed by atoms with Gasteiger partial charge in [0.2, 0.25) is 11.7 Å². The monoisotopic (exact) mass is 305 g/mol. The summed E-state index contributed by atoms with van der Waals surface area (Å²) in [5.74, 6) is -1.16. The number of carbonyl (C=O) groups is 1. The predicted octanol–water partition coefficient (Wildman–Crippen LogP) is 2.92. The van der Waals surface area contributed by atoms with Gasteiger partial charge in [0.05, 0.1) is 16.9 Å². The lowest BCUT2D eigenvalue weighted by molar-refractivity contribution is -0.142. The predicted molar refractivity (Wildman–Crippen MR) is 74.8 cm³/mol. The first kappa shape index (κ1) is 13.8. The maximum Gasteiger partial charge on any atom is 0.307 e. The van der Waals surface area contributed by atoms with E-state index < -0.39 is 11.9 Å². The molecule has 108 valence electrons. The molecule has 0 fully saturated rings. The molecule has 0 aliphatic heterocycles. The molecular formula is C14H12ClN3O3. The highest BCUT2D eigenvalue weighted by molar-refractivity contribution is 6.32. The number of allylic oxidation sites excluding steroid dienone is 2. The molecule has 0 aromatic carbocycles. The summed E-state index contributed by atoms with van der Waals surface area (Å²) < 4.78 is 5.24. The van der Waals surface area contributed by atoms with E-state index >= 15 is 0 Å². The van der Waals surface area contributed by atoms with Crippen molar-refractivity contribution in [1.29, 1.82) is 0 Å². The SMILES string of the molecule is O=C(O)C1CC=CCC1c1nc(-c2ncccc2Cl)no1. The number of nitrogens with zero attached hydrogens (tertiary/aromatic N) is 3. The zero-order chi connectivity index (χ0) is 14.8. The molecule has 0 spiro atoms. The van der Waals surface area contributed by atoms with Gasteiger partial charge in [0.25, 0.3) is 0 Å². The summed E-state index contributed by atoms with van der Waals surface area (Å²) in [5, 5.41) is 13.6. The van der Waals surface area contributed by atoms with E-state index in [1.165, 1.54) is 0 Å². The number of aromatic nitrogens is 3. The van der Waals surface area contributed by atoms with Gasteiger partial charge in [-0.05, 0) is 25.0 Å². The lowest BCUT2D eigenvalue weighted by Crippen LogP contribution is -2.23. The molecule has 2 atom stereocenters. The average Bonchev–Trinajstić information content (AvgIpc) is 2.97. The fraction of sp³-hybridized carbons (Fsp3) is 0.286. The molecule has 0 saturated carbocycles. The Labute approximate surface area is 125 Å². The number of carboxylic acid groups (broad SMARTS) is 1. The number of carboxylic acids is 1. The van der Waals surface area contributed by atoms with E-state index in [-0.39, 0.29) is 11.7 Å². The molecule has 1 N–H and O–H groups in total. The molecule has 2 unspecified atom stereocenters. The van der Waals surface area contributed by atoms with E-state index in [4.69, 9.17) is 16.1 Å². The quantitative estimate of drug-likeness (QED) is 0.877. The molecule has 21 heavy (non-hydrogen) atoms. The topological polar surface area (TPSA) is 89.1 Å². The van der Waals surface area contributed by atoms with Gasteiger partial charge >= 0.3 is 5.97 Å². The summed E-state index contributed by atoms with van der Waals surface area (Å²) in [7, 11) is 0. The van der Waals surface area contributed by atoms with Crippen LogP contribution in [-0.4, -0.2) is 26.2 Å². The van der Waals surface area contributed by atoms with Crippen LogP contribution in [0.25, 0.3) is 11.5 Å². The van der Waals surface area contributed by atoms with Crippen molar-refractivity contribution in [1.82, 2.24) is 15.1 Å². The van der Waals surface area contributed by atoms with E-state index in [0.717, 1.165) is 0 Å². The van der Waals surface area contributed by atoms with E-state index in [1.54, 1.807) is 18.3 Å². The zero-order valence-corrected chi connectivity index (χ0v) is 11.7. The Balaban J connectivity index is 1.93. The number of rotatable bonds is 3. The third-order valence-electron chi connectivity index (χ3n) is 3.48. The van der Waals surface area contributed by atoms with E-state index in [2.05, 4.69) is 15.1 Å². The van der Waals surface area contributed by atoms with Crippen LogP contribution in [-0.2, 0) is 4.79 Å². The Morgan fingerprint density at radius 3 is 2.95 bits per heavy atom. The van der Waals surface area contributed by atoms with Crippen molar-refractivity contribution in [3.63, 3.8) is 0 Å². The molecule has 2 aromatic heterocycles. The number of halogens is 1. The maximum absolute atomic E-state index is 11.3. The molecule has 2 heterocycles. The number of hydrogen-bond donors (Lipinski definition) is 1. The summed E-state index contributed by atoms with van der Waals surface area (Å²) in [6.45, 7) is 0. The summed E-state index contributed by atoms with van der Waals surface area (Å²) in [4.78, 5) is 19.7. The third kappa shape index (κ3) is 2.67. The van der Waals surface area contributed by atoms with E-state index in [9.17, 15) is 9.90 Å². The van der Waals surface area contributed by atoms with Gasteiger partial charge in [-0.15, -0.1) is 0 Å². The number of hydrogen-bond acceptors (Lipinski definition) is 5. The normalized spacial score (nSPS) is 21.4. The average molecular weight is 306 g/mol. The lowest BCUT2D eigenvalue weighted by atomic mass is 9.83. The van der Waals surface area contributed by atoms with Gasteiger partial charge in [0.1, 0.15) is 5.69 Å². The van der Waals surface area contributed by atoms with Crippen LogP contribution >= 0.6 is 11.6 Å². The molecule has 0 radical (unpaired) electrons. The molecule has 1 aliphatic rings. The van der Waals surface area contributed by atoms with Crippen LogP contribution in [0, 0.1) is 5.92 Å². The van der Waals surface area contributed by atoms with Crippen LogP contribution in [0.2, 0.25) is 5.02 Å². The van der Waals surface area contributed by atoms with Crippen LogP contribution in [0.5, 0.6) is 0 Å². The van der Waals surface area contributed by atoms with Crippen LogP contribution in [0.4, 0.5) is 0 Å². The maximum atomic E-state index is 11.3. The van der Waals surface area contributed by atoms with Gasteiger partial charge in [-0.25, -0.2) is 0 Å². The van der Waals surface area contributed by atoms with Gasteiger partial charge in [-0.3, -0.25) is 9.78 Å². The number of pyridine rings is 1. The molecule has 0 saturated heterocycles. The Hall–Kier alpha value is -2.21. The Kier molecular flexibility index (Phi) is 3.70. The summed E-state index contributed by atoms with van der Waals surface area (Å²) >= 11 is 6.04. The lowest BCUT2D eigenvalue weighted by Gasteiger charge is -2.21. The van der Waals surface area contributed by atoms with Gasteiger partial charge in [0, 0.05) is 6.20 Å². The van der Waals surface area contributed by atoms with Gasteiger partial charge in [-0.2, -0.15) is 4.98 Å². The van der Waals surface area contributed by atoms with Gasteiger partial charge in [-0.1, -0.05) is 28.9 Å². The second-order valence-corrected chi connectivity index (χ2v) is 5.19. The van der Waals surface area contributed by atoms with Crippen molar-refractivity contribution in [2.24, 2.45) is 5.92 Å². The fourth-order valence-corrected chi connectivity index (χ4v) is 2.60. The van der Waals surface area contributed by atoms with Gasteiger partial charge in [0.15, 0.2) is 0 Å². The van der Waals surface area contributed by atoms with Crippen molar-refractivity contribution in [3.05, 3.63) is 41.4 Å². The molecule has 0 bridgehead atoms. The fourth-order valence-electron chi connectivity index (χ4n) is 2.39. The minimum absolute atomic E-state index is 0.272. The summed E-state index contributed by atoms with van der Waals surface area (Å²) in [6, 6.07) is 3.39. The summed E-state index contributed by atoms with van der Waals surface area (Å²) in [6.07, 6.45) is 6.40. The molecule has 0 amide bonds. The highest BCUT2D eigenvalue weighted by Crippen LogP contribution is 2.35. The smallest absolute Gasteiger partial charge is 0.307 e. The minimum atomic E-state index is -0.861. The molecule has 2 aromatic rings. The Bertz CT molecular complexity index is 698. The van der Waals surface area contributed by atoms with Crippen molar-refractivity contribution in [2.75, 3.05) is 0 Å². The zero-order valence-electron chi connectivity index (χ0n) is 10.9. The van der Waals surface area contributed by atoms with Gasteiger partial charge < -0.3 is 9.63 Å². The van der Waals surface area contributed by atoms with Crippen molar-refractivity contribution >= 4 is 17.6 Å². The van der Waals surface area contributed by atoms with Crippen LogP contribution < -0.4 is 0 Å². The second-order valence-electron chi connectivity index (χ2n) is 4.78. The van der Waals surface area contributed by atoms with Crippen molar-refractivity contribution in [3.8, 4) is 11.5 Å². The first-order valence-corrected chi connectivity index (χ1v) is 6.87. The molecule has 7 heteroatoms. The summed E-state index contributed by atoms with van der Waals surface area (Å²) in [5.41, 5.74) is 0.424.